The molecule has 0 saturated heterocycles. The highest BCUT2D eigenvalue weighted by molar-refractivity contribution is 7.89. The lowest BCUT2D eigenvalue weighted by Gasteiger charge is -2.16. The fourth-order valence-electron chi connectivity index (χ4n) is 2.22. The summed E-state index contributed by atoms with van der Waals surface area (Å²) in [4.78, 5) is 12.3. The summed E-state index contributed by atoms with van der Waals surface area (Å²) >= 11 is 12.1. The van der Waals surface area contributed by atoms with Crippen molar-refractivity contribution in [2.45, 2.75) is 11.3 Å². The Morgan fingerprint density at radius 3 is 2.31 bits per heavy atom. The lowest BCUT2D eigenvalue weighted by Crippen LogP contribution is -2.23. The molecule has 0 heterocycles. The molecule has 0 aliphatic carbocycles. The van der Waals surface area contributed by atoms with Gasteiger partial charge in [0.05, 0.1) is 13.5 Å². The summed E-state index contributed by atoms with van der Waals surface area (Å²) in [5.41, 5.74) is 0.822. The van der Waals surface area contributed by atoms with Crippen LogP contribution in [-0.2, 0) is 21.2 Å². The number of carbonyl (C=O) groups excluding carboxylic acids is 1. The first-order valence-corrected chi connectivity index (χ1v) is 9.69. The molecule has 0 fully saturated rings. The second-order valence-corrected chi connectivity index (χ2v) is 8.51. The number of halogens is 2. The van der Waals surface area contributed by atoms with Gasteiger partial charge in [0.2, 0.25) is 15.9 Å². The zero-order valence-corrected chi connectivity index (χ0v) is 16.7. The van der Waals surface area contributed by atoms with Gasteiger partial charge >= 0.3 is 0 Å². The number of sulfonamides is 1. The molecule has 0 unspecified atom stereocenters. The third kappa shape index (κ3) is 4.48. The Bertz CT molecular complexity index is 910. The van der Waals surface area contributed by atoms with Crippen LogP contribution in [0.3, 0.4) is 0 Å². The molecule has 2 aromatic rings. The molecule has 2 aromatic carbocycles. The smallest absolute Gasteiger partial charge is 0.246 e. The molecule has 0 radical (unpaired) electrons. The summed E-state index contributed by atoms with van der Waals surface area (Å²) in [6, 6.07) is 9.36. The van der Waals surface area contributed by atoms with Crippen LogP contribution in [0.25, 0.3) is 0 Å². The van der Waals surface area contributed by atoms with Gasteiger partial charge in [-0.15, -0.1) is 0 Å². The zero-order chi connectivity index (χ0) is 19.5. The molecule has 1 N–H and O–H groups in total. The van der Waals surface area contributed by atoms with Gasteiger partial charge in [0.1, 0.15) is 10.6 Å². The number of benzene rings is 2. The molecule has 1 amide bonds. The number of hydrogen-bond donors (Lipinski definition) is 1. The molecule has 0 spiro atoms. The van der Waals surface area contributed by atoms with Crippen LogP contribution in [0.15, 0.2) is 41.3 Å². The Kier molecular flexibility index (Phi) is 6.52. The minimum absolute atomic E-state index is 0.0414. The SMILES string of the molecule is COc1ccc(NC(=O)Cc2c(Cl)cccc2Cl)cc1S(=O)(=O)N(C)C. The first kappa shape index (κ1) is 20.5. The Labute approximate surface area is 162 Å². The normalized spacial score (nSPS) is 11.5. The van der Waals surface area contributed by atoms with Crippen molar-refractivity contribution >= 4 is 44.8 Å². The van der Waals surface area contributed by atoms with Crippen molar-refractivity contribution in [3.63, 3.8) is 0 Å². The first-order chi connectivity index (χ1) is 12.2. The molecular weight excluding hydrogens is 399 g/mol. The summed E-state index contributed by atoms with van der Waals surface area (Å²) in [6.07, 6.45) is -0.0414. The Hall–Kier alpha value is -1.80. The predicted molar refractivity (Wildman–Crippen MR) is 103 cm³/mol. The van der Waals surface area contributed by atoms with Crippen molar-refractivity contribution in [3.8, 4) is 5.75 Å². The molecule has 2 rings (SSSR count). The van der Waals surface area contributed by atoms with E-state index in [9.17, 15) is 13.2 Å². The molecule has 9 heteroatoms. The van der Waals surface area contributed by atoms with Crippen molar-refractivity contribution in [2.24, 2.45) is 0 Å². The summed E-state index contributed by atoms with van der Waals surface area (Å²) < 4.78 is 31.0. The largest absolute Gasteiger partial charge is 0.495 e. The highest BCUT2D eigenvalue weighted by Gasteiger charge is 2.23. The molecule has 0 aromatic heterocycles. The third-order valence-electron chi connectivity index (χ3n) is 3.61. The Morgan fingerprint density at radius 1 is 1.15 bits per heavy atom. The summed E-state index contributed by atoms with van der Waals surface area (Å²) in [5.74, 6) is -0.191. The van der Waals surface area contributed by atoms with Gasteiger partial charge in [0, 0.05) is 29.8 Å². The minimum Gasteiger partial charge on any atom is -0.495 e. The molecular formula is C17H18Cl2N2O4S. The molecule has 0 bridgehead atoms. The van der Waals surface area contributed by atoms with Crippen LogP contribution in [0.1, 0.15) is 5.56 Å². The number of rotatable bonds is 6. The van der Waals surface area contributed by atoms with E-state index in [4.69, 9.17) is 27.9 Å². The average molecular weight is 417 g/mol. The maximum Gasteiger partial charge on any atom is 0.246 e. The van der Waals surface area contributed by atoms with Crippen molar-refractivity contribution in [1.29, 1.82) is 0 Å². The fraction of sp³-hybridized carbons (Fsp3) is 0.235. The van der Waals surface area contributed by atoms with E-state index in [1.165, 1.54) is 33.3 Å². The molecule has 6 nitrogen and oxygen atoms in total. The van der Waals surface area contributed by atoms with E-state index < -0.39 is 10.0 Å². The van der Waals surface area contributed by atoms with Crippen molar-refractivity contribution < 1.29 is 17.9 Å². The number of nitrogens with one attached hydrogen (secondary N) is 1. The number of anilines is 1. The molecule has 0 saturated carbocycles. The predicted octanol–water partition coefficient (Wildman–Crippen LogP) is 3.43. The molecule has 0 aliphatic heterocycles. The van der Waals surface area contributed by atoms with Gasteiger partial charge in [0.15, 0.2) is 0 Å². The van der Waals surface area contributed by atoms with Gasteiger partial charge in [-0.1, -0.05) is 29.3 Å². The van der Waals surface area contributed by atoms with Crippen LogP contribution in [-0.4, -0.2) is 39.8 Å². The first-order valence-electron chi connectivity index (χ1n) is 7.50. The van der Waals surface area contributed by atoms with Gasteiger partial charge < -0.3 is 10.1 Å². The van der Waals surface area contributed by atoms with Crippen LogP contribution in [0.5, 0.6) is 5.75 Å². The van der Waals surface area contributed by atoms with Crippen LogP contribution in [0, 0.1) is 0 Å². The number of amides is 1. The molecule has 0 atom stereocenters. The van der Waals surface area contributed by atoms with E-state index in [0.29, 0.717) is 21.3 Å². The summed E-state index contributed by atoms with van der Waals surface area (Å²) in [7, 11) is 0.473. The fourth-order valence-corrected chi connectivity index (χ4v) is 3.83. The lowest BCUT2D eigenvalue weighted by atomic mass is 10.1. The third-order valence-corrected chi connectivity index (χ3v) is 6.15. The van der Waals surface area contributed by atoms with E-state index in [1.54, 1.807) is 24.3 Å². The molecule has 26 heavy (non-hydrogen) atoms. The number of hydrogen-bond acceptors (Lipinski definition) is 4. The Balaban J connectivity index is 2.29. The van der Waals surface area contributed by atoms with Crippen molar-refractivity contribution in [3.05, 3.63) is 52.0 Å². The monoisotopic (exact) mass is 416 g/mol. The second kappa shape index (κ2) is 8.26. The maximum atomic E-state index is 12.4. The number of ether oxygens (including phenoxy) is 1. The van der Waals surface area contributed by atoms with Crippen LogP contribution in [0.2, 0.25) is 10.0 Å². The van der Waals surface area contributed by atoms with Gasteiger partial charge in [-0.2, -0.15) is 0 Å². The Morgan fingerprint density at radius 2 is 1.77 bits per heavy atom. The van der Waals surface area contributed by atoms with Gasteiger partial charge in [-0.25, -0.2) is 12.7 Å². The highest BCUT2D eigenvalue weighted by Crippen LogP contribution is 2.29. The molecule has 0 aliphatic rings. The maximum absolute atomic E-state index is 12.4. The van der Waals surface area contributed by atoms with Crippen LogP contribution >= 0.6 is 23.2 Å². The summed E-state index contributed by atoms with van der Waals surface area (Å²) in [5, 5.41) is 3.43. The minimum atomic E-state index is -3.74. The number of nitrogens with zero attached hydrogens (tertiary/aromatic N) is 1. The number of methoxy groups -OCH3 is 1. The van der Waals surface area contributed by atoms with Crippen LogP contribution in [0.4, 0.5) is 5.69 Å². The van der Waals surface area contributed by atoms with Gasteiger partial charge in [-0.05, 0) is 35.9 Å². The highest BCUT2D eigenvalue weighted by atomic mass is 35.5. The topological polar surface area (TPSA) is 75.7 Å². The van der Waals surface area contributed by atoms with E-state index in [1.807, 2.05) is 0 Å². The van der Waals surface area contributed by atoms with E-state index >= 15 is 0 Å². The summed E-state index contributed by atoms with van der Waals surface area (Å²) in [6.45, 7) is 0. The number of carbonyl (C=O) groups is 1. The van der Waals surface area contributed by atoms with E-state index in [2.05, 4.69) is 5.32 Å². The van der Waals surface area contributed by atoms with Gasteiger partial charge in [-0.3, -0.25) is 4.79 Å². The quantitative estimate of drug-likeness (QED) is 0.782. The average Bonchev–Trinajstić information content (AvgIpc) is 2.58. The standard InChI is InChI=1S/C17H18Cl2N2O4S/c1-21(2)26(23,24)16-9-11(7-8-15(16)25-3)20-17(22)10-12-13(18)5-4-6-14(12)19/h4-9H,10H2,1-3H3,(H,20,22). The lowest BCUT2D eigenvalue weighted by molar-refractivity contribution is -0.115. The molecule has 140 valence electrons. The van der Waals surface area contributed by atoms with Crippen molar-refractivity contribution in [1.82, 2.24) is 4.31 Å². The van der Waals surface area contributed by atoms with Crippen LogP contribution < -0.4 is 10.1 Å². The van der Waals surface area contributed by atoms with Gasteiger partial charge in [0.25, 0.3) is 0 Å². The zero-order valence-electron chi connectivity index (χ0n) is 14.4. The van der Waals surface area contributed by atoms with E-state index in [0.717, 1.165) is 4.31 Å². The van der Waals surface area contributed by atoms with Crippen molar-refractivity contribution in [2.75, 3.05) is 26.5 Å². The van der Waals surface area contributed by atoms with E-state index in [-0.39, 0.29) is 23.0 Å². The second-order valence-electron chi connectivity index (χ2n) is 5.58.